The number of hydrogen-bond acceptors (Lipinski definition) is 3. The summed E-state index contributed by atoms with van der Waals surface area (Å²) in [6.07, 6.45) is 2.68. The van der Waals surface area contributed by atoms with Gasteiger partial charge >= 0.3 is 0 Å². The normalized spacial score (nSPS) is 18.7. The van der Waals surface area contributed by atoms with E-state index in [0.29, 0.717) is 6.04 Å². The molecule has 0 radical (unpaired) electrons. The minimum atomic E-state index is 0.617. The Hall–Kier alpha value is 0.1000. The molecule has 0 spiro atoms. The van der Waals surface area contributed by atoms with Crippen molar-refractivity contribution < 1.29 is 0 Å². The van der Waals surface area contributed by atoms with Gasteiger partial charge in [-0.25, -0.2) is 0 Å². The van der Waals surface area contributed by atoms with Crippen LogP contribution >= 0.6 is 27.3 Å². The smallest absolute Gasteiger partial charge is 0.0328 e. The minimum Gasteiger partial charge on any atom is -0.314 e. The summed E-state index contributed by atoms with van der Waals surface area (Å²) in [5.41, 5.74) is 0. The molecule has 4 heteroatoms. The van der Waals surface area contributed by atoms with Gasteiger partial charge in [0.2, 0.25) is 0 Å². The Morgan fingerprint density at radius 1 is 1.44 bits per heavy atom. The Labute approximate surface area is 123 Å². The van der Waals surface area contributed by atoms with Gasteiger partial charge in [0, 0.05) is 27.3 Å². The van der Waals surface area contributed by atoms with Crippen LogP contribution in [0, 0.1) is 5.92 Å². The van der Waals surface area contributed by atoms with Crippen LogP contribution in [0.5, 0.6) is 0 Å². The molecule has 0 aliphatic carbocycles. The molecule has 1 aliphatic rings. The molecule has 1 aliphatic heterocycles. The number of piperidine rings is 1. The molecule has 1 aromatic heterocycles. The van der Waals surface area contributed by atoms with Crippen LogP contribution in [-0.2, 0) is 6.54 Å². The van der Waals surface area contributed by atoms with Crippen molar-refractivity contribution in [1.82, 2.24) is 10.2 Å². The lowest BCUT2D eigenvalue weighted by Crippen LogP contribution is -2.38. The molecule has 18 heavy (non-hydrogen) atoms. The van der Waals surface area contributed by atoms with Crippen LogP contribution in [-0.4, -0.2) is 30.6 Å². The molecule has 1 N–H and O–H groups in total. The van der Waals surface area contributed by atoms with Crippen LogP contribution in [0.1, 0.15) is 31.6 Å². The van der Waals surface area contributed by atoms with Gasteiger partial charge in [-0.2, -0.15) is 0 Å². The van der Waals surface area contributed by atoms with Crippen LogP contribution in [0.25, 0.3) is 0 Å². The first kappa shape index (κ1) is 14.5. The summed E-state index contributed by atoms with van der Waals surface area (Å²) in [4.78, 5) is 4.06. The first-order valence-corrected chi connectivity index (χ1v) is 8.49. The molecule has 0 aromatic carbocycles. The average Bonchev–Trinajstić information content (AvgIpc) is 2.74. The van der Waals surface area contributed by atoms with Crippen molar-refractivity contribution in [3.8, 4) is 0 Å². The molecule has 0 atom stereocenters. The summed E-state index contributed by atoms with van der Waals surface area (Å²) < 4.78 is 1.22. The van der Waals surface area contributed by atoms with Gasteiger partial charge in [0.15, 0.2) is 0 Å². The van der Waals surface area contributed by atoms with Crippen LogP contribution in [0.4, 0.5) is 0 Å². The summed E-state index contributed by atoms with van der Waals surface area (Å²) in [5.74, 6) is 0.874. The van der Waals surface area contributed by atoms with E-state index >= 15 is 0 Å². The Bertz CT molecular complexity index is 356. The van der Waals surface area contributed by atoms with Crippen LogP contribution in [0.2, 0.25) is 0 Å². The SMILES string of the molecule is CC(C)NCC1CCN(Cc2cc(Br)cs2)CC1. The Kier molecular flexibility index (Phi) is 5.67. The summed E-state index contributed by atoms with van der Waals surface area (Å²) in [6, 6.07) is 2.86. The van der Waals surface area contributed by atoms with Crippen molar-refractivity contribution in [3.63, 3.8) is 0 Å². The number of halogens is 1. The number of rotatable bonds is 5. The molecule has 102 valence electrons. The zero-order valence-corrected chi connectivity index (χ0v) is 13.7. The van der Waals surface area contributed by atoms with Gasteiger partial charge in [-0.3, -0.25) is 4.90 Å². The number of nitrogens with one attached hydrogen (secondary N) is 1. The summed E-state index contributed by atoms with van der Waals surface area (Å²) in [7, 11) is 0. The second-order valence-corrected chi connectivity index (χ2v) is 7.43. The van der Waals surface area contributed by atoms with E-state index in [1.54, 1.807) is 0 Å². The second kappa shape index (κ2) is 7.04. The maximum Gasteiger partial charge on any atom is 0.0328 e. The van der Waals surface area contributed by atoms with E-state index in [0.717, 1.165) is 12.5 Å². The fourth-order valence-corrected chi connectivity index (χ4v) is 3.90. The topological polar surface area (TPSA) is 15.3 Å². The van der Waals surface area contributed by atoms with Crippen molar-refractivity contribution in [1.29, 1.82) is 0 Å². The zero-order valence-electron chi connectivity index (χ0n) is 11.3. The van der Waals surface area contributed by atoms with E-state index in [-0.39, 0.29) is 0 Å². The first-order chi connectivity index (χ1) is 8.63. The molecule has 1 saturated heterocycles. The molecule has 0 amide bonds. The van der Waals surface area contributed by atoms with E-state index < -0.39 is 0 Å². The fourth-order valence-electron chi connectivity index (χ4n) is 2.41. The van der Waals surface area contributed by atoms with Crippen molar-refractivity contribution >= 4 is 27.3 Å². The zero-order chi connectivity index (χ0) is 13.0. The van der Waals surface area contributed by atoms with E-state index in [2.05, 4.69) is 51.4 Å². The van der Waals surface area contributed by atoms with Gasteiger partial charge in [0.25, 0.3) is 0 Å². The highest BCUT2D eigenvalue weighted by Crippen LogP contribution is 2.24. The van der Waals surface area contributed by atoms with E-state index in [1.807, 2.05) is 11.3 Å². The predicted molar refractivity (Wildman–Crippen MR) is 83.2 cm³/mol. The average molecular weight is 331 g/mol. The third-order valence-corrected chi connectivity index (χ3v) is 5.21. The summed E-state index contributed by atoms with van der Waals surface area (Å²) in [6.45, 7) is 9.27. The molecule has 2 heterocycles. The Morgan fingerprint density at radius 2 is 2.17 bits per heavy atom. The van der Waals surface area contributed by atoms with Crippen molar-refractivity contribution in [3.05, 3.63) is 20.8 Å². The van der Waals surface area contributed by atoms with Gasteiger partial charge in [0.1, 0.15) is 0 Å². The van der Waals surface area contributed by atoms with Gasteiger partial charge < -0.3 is 5.32 Å². The van der Waals surface area contributed by atoms with Gasteiger partial charge in [-0.1, -0.05) is 13.8 Å². The van der Waals surface area contributed by atoms with Gasteiger partial charge in [-0.15, -0.1) is 11.3 Å². The summed E-state index contributed by atoms with van der Waals surface area (Å²) in [5, 5.41) is 5.74. The highest BCUT2D eigenvalue weighted by molar-refractivity contribution is 9.10. The summed E-state index contributed by atoms with van der Waals surface area (Å²) >= 11 is 5.38. The van der Waals surface area contributed by atoms with Crippen LogP contribution in [0.15, 0.2) is 15.9 Å². The molecule has 0 saturated carbocycles. The molecule has 0 bridgehead atoms. The van der Waals surface area contributed by atoms with E-state index in [1.165, 1.54) is 41.8 Å². The number of likely N-dealkylation sites (tertiary alicyclic amines) is 1. The highest BCUT2D eigenvalue weighted by Gasteiger charge is 2.19. The number of nitrogens with zero attached hydrogens (tertiary/aromatic N) is 1. The Balaban J connectivity index is 1.70. The predicted octanol–water partition coefficient (Wildman–Crippen LogP) is 3.72. The molecule has 1 fully saturated rings. The minimum absolute atomic E-state index is 0.617. The van der Waals surface area contributed by atoms with Crippen LogP contribution < -0.4 is 5.32 Å². The quantitative estimate of drug-likeness (QED) is 0.885. The lowest BCUT2D eigenvalue weighted by molar-refractivity contribution is 0.175. The second-order valence-electron chi connectivity index (χ2n) is 5.51. The standard InChI is InChI=1S/C14H23BrN2S/c1-11(2)16-8-12-3-5-17(6-4-12)9-14-7-13(15)10-18-14/h7,10-12,16H,3-6,8-9H2,1-2H3. The lowest BCUT2D eigenvalue weighted by Gasteiger charge is -2.32. The highest BCUT2D eigenvalue weighted by atomic mass is 79.9. The Morgan fingerprint density at radius 3 is 2.72 bits per heavy atom. The first-order valence-electron chi connectivity index (χ1n) is 6.82. The monoisotopic (exact) mass is 330 g/mol. The number of hydrogen-bond donors (Lipinski definition) is 1. The van der Waals surface area contributed by atoms with Gasteiger partial charge in [-0.05, 0) is 60.4 Å². The maximum absolute atomic E-state index is 3.56. The fraction of sp³-hybridized carbons (Fsp3) is 0.714. The molecule has 1 aromatic rings. The number of thiophene rings is 1. The third-order valence-electron chi connectivity index (χ3n) is 3.52. The van der Waals surface area contributed by atoms with Gasteiger partial charge in [0.05, 0.1) is 0 Å². The molecular formula is C14H23BrN2S. The third kappa shape index (κ3) is 4.65. The largest absolute Gasteiger partial charge is 0.314 e. The molecule has 2 nitrogen and oxygen atoms in total. The van der Waals surface area contributed by atoms with E-state index in [9.17, 15) is 0 Å². The van der Waals surface area contributed by atoms with Crippen molar-refractivity contribution in [2.45, 2.75) is 39.3 Å². The lowest BCUT2D eigenvalue weighted by atomic mass is 9.96. The molecule has 2 rings (SSSR count). The molecule has 0 unspecified atom stereocenters. The van der Waals surface area contributed by atoms with Crippen LogP contribution in [0.3, 0.4) is 0 Å². The molecular weight excluding hydrogens is 308 g/mol. The van der Waals surface area contributed by atoms with Crippen molar-refractivity contribution in [2.24, 2.45) is 5.92 Å². The maximum atomic E-state index is 3.56. The van der Waals surface area contributed by atoms with E-state index in [4.69, 9.17) is 0 Å². The van der Waals surface area contributed by atoms with Crippen molar-refractivity contribution in [2.75, 3.05) is 19.6 Å².